The van der Waals surface area contributed by atoms with Crippen molar-refractivity contribution in [3.05, 3.63) is 41.6 Å². The first kappa shape index (κ1) is 14.8. The fourth-order valence-corrected chi connectivity index (χ4v) is 2.42. The van der Waals surface area contributed by atoms with Crippen LogP contribution in [0.1, 0.15) is 0 Å². The second-order valence-corrected chi connectivity index (χ2v) is 5.98. The molecule has 0 bridgehead atoms. The molecule has 3 rings (SSSR count). The number of aromatic nitrogens is 4. The molecular weight excluding hydrogens is 322 g/mol. The van der Waals surface area contributed by atoms with Crippen LogP contribution in [0.3, 0.4) is 0 Å². The van der Waals surface area contributed by atoms with Crippen molar-refractivity contribution in [1.29, 1.82) is 0 Å². The average molecular weight is 334 g/mol. The highest BCUT2D eigenvalue weighted by Gasteiger charge is 2.11. The molecule has 1 aromatic carbocycles. The molecule has 0 aliphatic rings. The van der Waals surface area contributed by atoms with Gasteiger partial charge in [-0.05, 0) is 42.1 Å². The summed E-state index contributed by atoms with van der Waals surface area (Å²) in [7, 11) is 3.77. The van der Waals surface area contributed by atoms with Crippen LogP contribution in [0.15, 0.2) is 51.2 Å². The Hall–Kier alpha value is -2.12. The monoisotopic (exact) mass is 333 g/mol. The van der Waals surface area contributed by atoms with E-state index in [0.29, 0.717) is 22.1 Å². The molecule has 22 heavy (non-hydrogen) atoms. The number of hydrogen-bond donors (Lipinski definition) is 0. The molecule has 2 heterocycles. The Morgan fingerprint density at radius 2 is 1.86 bits per heavy atom. The van der Waals surface area contributed by atoms with Crippen LogP contribution in [0.5, 0.6) is 0 Å². The van der Waals surface area contributed by atoms with Gasteiger partial charge in [-0.25, -0.2) is 9.97 Å². The van der Waals surface area contributed by atoms with Gasteiger partial charge in [-0.15, -0.1) is 10.2 Å². The molecule has 0 radical (unpaired) electrons. The Kier molecular flexibility index (Phi) is 4.26. The molecule has 0 saturated carbocycles. The molecule has 0 aliphatic carbocycles. The molecule has 8 heteroatoms. The molecule has 0 amide bonds. The zero-order valence-electron chi connectivity index (χ0n) is 11.9. The lowest BCUT2D eigenvalue weighted by Crippen LogP contribution is -2.12. The van der Waals surface area contributed by atoms with Gasteiger partial charge < -0.3 is 9.32 Å². The SMILES string of the molecule is CN(C)c1nccc(Sc2nnc(-c3ccc(Cl)cc3)o2)n1. The zero-order chi connectivity index (χ0) is 15.5. The van der Waals surface area contributed by atoms with E-state index < -0.39 is 0 Å². The highest BCUT2D eigenvalue weighted by Crippen LogP contribution is 2.28. The minimum Gasteiger partial charge on any atom is -0.411 e. The topological polar surface area (TPSA) is 67.9 Å². The summed E-state index contributed by atoms with van der Waals surface area (Å²) < 4.78 is 5.64. The number of halogens is 1. The number of hydrogen-bond acceptors (Lipinski definition) is 7. The predicted octanol–water partition coefficient (Wildman–Crippen LogP) is 3.40. The molecule has 0 saturated heterocycles. The van der Waals surface area contributed by atoms with Crippen molar-refractivity contribution >= 4 is 29.3 Å². The number of anilines is 1. The van der Waals surface area contributed by atoms with Gasteiger partial charge in [-0.2, -0.15) is 0 Å². The third-order valence-electron chi connectivity index (χ3n) is 2.71. The summed E-state index contributed by atoms with van der Waals surface area (Å²) in [6, 6.07) is 9.02. The van der Waals surface area contributed by atoms with Crippen molar-refractivity contribution in [2.75, 3.05) is 19.0 Å². The third kappa shape index (κ3) is 3.37. The largest absolute Gasteiger partial charge is 0.411 e. The number of benzene rings is 1. The fourth-order valence-electron chi connectivity index (χ4n) is 1.65. The Morgan fingerprint density at radius 3 is 2.59 bits per heavy atom. The molecule has 0 N–H and O–H groups in total. The van der Waals surface area contributed by atoms with E-state index in [4.69, 9.17) is 16.0 Å². The lowest BCUT2D eigenvalue weighted by Gasteiger charge is -2.09. The molecule has 0 fully saturated rings. The second kappa shape index (κ2) is 6.33. The van der Waals surface area contributed by atoms with E-state index in [-0.39, 0.29) is 0 Å². The van der Waals surface area contributed by atoms with E-state index in [1.807, 2.05) is 31.1 Å². The Labute approximate surface area is 136 Å². The Morgan fingerprint density at radius 1 is 1.09 bits per heavy atom. The van der Waals surface area contributed by atoms with Gasteiger partial charge in [0, 0.05) is 30.9 Å². The van der Waals surface area contributed by atoms with Crippen LogP contribution in [0.25, 0.3) is 11.5 Å². The van der Waals surface area contributed by atoms with E-state index >= 15 is 0 Å². The van der Waals surface area contributed by atoms with Gasteiger partial charge in [0.05, 0.1) is 0 Å². The molecule has 3 aromatic rings. The van der Waals surface area contributed by atoms with Gasteiger partial charge in [0.25, 0.3) is 5.22 Å². The van der Waals surface area contributed by atoms with Gasteiger partial charge >= 0.3 is 0 Å². The average Bonchev–Trinajstić information content (AvgIpc) is 2.96. The van der Waals surface area contributed by atoms with E-state index in [1.54, 1.807) is 24.4 Å². The van der Waals surface area contributed by atoms with Crippen LogP contribution in [-0.2, 0) is 0 Å². The smallest absolute Gasteiger partial charge is 0.283 e. The summed E-state index contributed by atoms with van der Waals surface area (Å²) in [5.74, 6) is 1.07. The fraction of sp³-hybridized carbons (Fsp3) is 0.143. The van der Waals surface area contributed by atoms with Crippen LogP contribution >= 0.6 is 23.4 Å². The number of nitrogens with zero attached hydrogens (tertiary/aromatic N) is 5. The highest BCUT2D eigenvalue weighted by atomic mass is 35.5. The van der Waals surface area contributed by atoms with Crippen molar-refractivity contribution in [2.24, 2.45) is 0 Å². The van der Waals surface area contributed by atoms with E-state index in [0.717, 1.165) is 10.6 Å². The van der Waals surface area contributed by atoms with Crippen LogP contribution in [0, 0.1) is 0 Å². The first-order chi connectivity index (χ1) is 10.6. The van der Waals surface area contributed by atoms with Gasteiger partial charge in [0.1, 0.15) is 5.03 Å². The third-order valence-corrected chi connectivity index (χ3v) is 3.73. The first-order valence-corrected chi connectivity index (χ1v) is 7.59. The summed E-state index contributed by atoms with van der Waals surface area (Å²) in [5.41, 5.74) is 0.820. The molecule has 6 nitrogen and oxygen atoms in total. The Bertz CT molecular complexity index is 775. The number of rotatable bonds is 4. The summed E-state index contributed by atoms with van der Waals surface area (Å²) in [6.45, 7) is 0. The van der Waals surface area contributed by atoms with Crippen LogP contribution in [0.2, 0.25) is 5.02 Å². The molecule has 2 aromatic heterocycles. The molecule has 0 aliphatic heterocycles. The zero-order valence-corrected chi connectivity index (χ0v) is 13.5. The van der Waals surface area contributed by atoms with Crippen molar-refractivity contribution in [1.82, 2.24) is 20.2 Å². The van der Waals surface area contributed by atoms with E-state index in [2.05, 4.69) is 20.2 Å². The molecule has 112 valence electrons. The molecular formula is C14H12ClN5OS. The standard InChI is InChI=1S/C14H12ClN5OS/c1-20(2)13-16-8-7-11(17-13)22-14-19-18-12(21-14)9-3-5-10(15)6-4-9/h3-8H,1-2H3. The van der Waals surface area contributed by atoms with Crippen LogP contribution < -0.4 is 4.90 Å². The summed E-state index contributed by atoms with van der Waals surface area (Å²) >= 11 is 7.16. The second-order valence-electron chi connectivity index (χ2n) is 4.57. The Balaban J connectivity index is 1.79. The maximum atomic E-state index is 5.86. The first-order valence-electron chi connectivity index (χ1n) is 6.39. The minimum atomic E-state index is 0.424. The van der Waals surface area contributed by atoms with Crippen LogP contribution in [-0.4, -0.2) is 34.3 Å². The maximum absolute atomic E-state index is 5.86. The van der Waals surface area contributed by atoms with E-state index in [1.165, 1.54) is 11.8 Å². The van der Waals surface area contributed by atoms with Crippen molar-refractivity contribution in [3.8, 4) is 11.5 Å². The molecule has 0 spiro atoms. The van der Waals surface area contributed by atoms with Crippen molar-refractivity contribution in [2.45, 2.75) is 10.2 Å². The maximum Gasteiger partial charge on any atom is 0.283 e. The van der Waals surface area contributed by atoms with Gasteiger partial charge in [0.2, 0.25) is 11.8 Å². The lowest BCUT2D eigenvalue weighted by molar-refractivity contribution is 0.465. The van der Waals surface area contributed by atoms with Gasteiger partial charge in [-0.1, -0.05) is 11.6 Å². The summed E-state index contributed by atoms with van der Waals surface area (Å²) in [6.07, 6.45) is 1.70. The van der Waals surface area contributed by atoms with Gasteiger partial charge in [-0.3, -0.25) is 0 Å². The van der Waals surface area contributed by atoms with Gasteiger partial charge in [0.15, 0.2) is 0 Å². The predicted molar refractivity (Wildman–Crippen MR) is 85.2 cm³/mol. The lowest BCUT2D eigenvalue weighted by atomic mass is 10.2. The summed E-state index contributed by atoms with van der Waals surface area (Å²) in [4.78, 5) is 10.4. The quantitative estimate of drug-likeness (QED) is 0.678. The minimum absolute atomic E-state index is 0.424. The van der Waals surface area contributed by atoms with E-state index in [9.17, 15) is 0 Å². The van der Waals surface area contributed by atoms with Crippen molar-refractivity contribution < 1.29 is 4.42 Å². The normalized spacial score (nSPS) is 10.7. The summed E-state index contributed by atoms with van der Waals surface area (Å²) in [5, 5.41) is 9.89. The highest BCUT2D eigenvalue weighted by molar-refractivity contribution is 7.99. The molecule has 0 atom stereocenters. The van der Waals surface area contributed by atoms with Crippen molar-refractivity contribution in [3.63, 3.8) is 0 Å². The molecule has 0 unspecified atom stereocenters. The van der Waals surface area contributed by atoms with Crippen LogP contribution in [0.4, 0.5) is 5.95 Å².